The quantitative estimate of drug-likeness (QED) is 0.742. The summed E-state index contributed by atoms with van der Waals surface area (Å²) in [5.41, 5.74) is 6.54. The SMILES string of the molecule is C=CCc1cccc(CC(C)(N)C(=O)O)c1. The topological polar surface area (TPSA) is 63.3 Å². The molecule has 3 heteroatoms. The monoisotopic (exact) mass is 219 g/mol. The first-order chi connectivity index (χ1) is 7.45. The highest BCUT2D eigenvalue weighted by Crippen LogP contribution is 2.13. The minimum atomic E-state index is -1.22. The molecule has 0 aliphatic carbocycles. The van der Waals surface area contributed by atoms with Gasteiger partial charge in [-0.2, -0.15) is 0 Å². The number of carboxylic acid groups (broad SMARTS) is 1. The number of rotatable bonds is 5. The van der Waals surface area contributed by atoms with E-state index in [0.29, 0.717) is 6.42 Å². The molecule has 1 unspecified atom stereocenters. The molecule has 86 valence electrons. The maximum Gasteiger partial charge on any atom is 0.323 e. The maximum absolute atomic E-state index is 10.9. The van der Waals surface area contributed by atoms with Gasteiger partial charge < -0.3 is 10.8 Å². The van der Waals surface area contributed by atoms with Crippen LogP contribution in [0.1, 0.15) is 18.1 Å². The molecule has 16 heavy (non-hydrogen) atoms. The molecule has 0 radical (unpaired) electrons. The summed E-state index contributed by atoms with van der Waals surface area (Å²) in [6, 6.07) is 7.75. The smallest absolute Gasteiger partial charge is 0.323 e. The van der Waals surface area contributed by atoms with Crippen LogP contribution in [0.3, 0.4) is 0 Å². The summed E-state index contributed by atoms with van der Waals surface area (Å²) in [7, 11) is 0. The first-order valence-corrected chi connectivity index (χ1v) is 5.16. The van der Waals surface area contributed by atoms with Gasteiger partial charge >= 0.3 is 5.97 Å². The Kier molecular flexibility index (Phi) is 3.85. The molecule has 0 aliphatic rings. The van der Waals surface area contributed by atoms with Gasteiger partial charge in [-0.1, -0.05) is 30.3 Å². The molecule has 1 rings (SSSR count). The van der Waals surface area contributed by atoms with Crippen molar-refractivity contribution in [3.63, 3.8) is 0 Å². The van der Waals surface area contributed by atoms with Gasteiger partial charge in [0.2, 0.25) is 0 Å². The fourth-order valence-electron chi connectivity index (χ4n) is 1.53. The Morgan fingerprint density at radius 2 is 2.19 bits per heavy atom. The van der Waals surface area contributed by atoms with Crippen LogP contribution >= 0.6 is 0 Å². The molecular weight excluding hydrogens is 202 g/mol. The molecule has 0 fully saturated rings. The lowest BCUT2D eigenvalue weighted by Crippen LogP contribution is -2.46. The number of carboxylic acids is 1. The molecule has 1 aromatic carbocycles. The number of benzene rings is 1. The minimum Gasteiger partial charge on any atom is -0.480 e. The lowest BCUT2D eigenvalue weighted by Gasteiger charge is -2.19. The van der Waals surface area contributed by atoms with Crippen molar-refractivity contribution < 1.29 is 9.90 Å². The fraction of sp³-hybridized carbons (Fsp3) is 0.308. The third kappa shape index (κ3) is 3.21. The Balaban J connectivity index is 2.85. The third-order valence-corrected chi connectivity index (χ3v) is 2.43. The highest BCUT2D eigenvalue weighted by atomic mass is 16.4. The van der Waals surface area contributed by atoms with E-state index >= 15 is 0 Å². The van der Waals surface area contributed by atoms with Gasteiger partial charge in [0.05, 0.1) is 0 Å². The number of hydrogen-bond donors (Lipinski definition) is 2. The molecule has 0 saturated heterocycles. The second kappa shape index (κ2) is 4.94. The predicted molar refractivity (Wildman–Crippen MR) is 64.3 cm³/mol. The van der Waals surface area contributed by atoms with Crippen LogP contribution in [0.15, 0.2) is 36.9 Å². The lowest BCUT2D eigenvalue weighted by molar-refractivity contribution is -0.142. The second-order valence-corrected chi connectivity index (χ2v) is 4.21. The van der Waals surface area contributed by atoms with Gasteiger partial charge in [-0.15, -0.1) is 6.58 Å². The Morgan fingerprint density at radius 1 is 1.56 bits per heavy atom. The van der Waals surface area contributed by atoms with Crippen molar-refractivity contribution in [2.24, 2.45) is 5.73 Å². The van der Waals surface area contributed by atoms with Crippen LogP contribution in [0, 0.1) is 0 Å². The molecule has 3 N–H and O–H groups in total. The molecule has 1 atom stereocenters. The van der Waals surface area contributed by atoms with Gasteiger partial charge in [-0.3, -0.25) is 4.79 Å². The summed E-state index contributed by atoms with van der Waals surface area (Å²) in [5.74, 6) is -0.985. The van der Waals surface area contributed by atoms with E-state index in [1.807, 2.05) is 30.3 Å². The van der Waals surface area contributed by atoms with Crippen LogP contribution in [-0.2, 0) is 17.6 Å². The second-order valence-electron chi connectivity index (χ2n) is 4.21. The van der Waals surface area contributed by atoms with Crippen molar-refractivity contribution >= 4 is 5.97 Å². The maximum atomic E-state index is 10.9. The Bertz CT molecular complexity index is 397. The highest BCUT2D eigenvalue weighted by molar-refractivity contribution is 5.78. The number of carbonyl (C=O) groups is 1. The predicted octanol–water partition coefficient (Wildman–Crippen LogP) is 1.76. The zero-order chi connectivity index (χ0) is 12.2. The van der Waals surface area contributed by atoms with Gasteiger partial charge in [0.15, 0.2) is 0 Å². The number of aliphatic carboxylic acids is 1. The molecule has 0 heterocycles. The molecular formula is C13H17NO2. The van der Waals surface area contributed by atoms with Crippen LogP contribution in [-0.4, -0.2) is 16.6 Å². The van der Waals surface area contributed by atoms with Crippen LogP contribution in [0.5, 0.6) is 0 Å². The summed E-state index contributed by atoms with van der Waals surface area (Å²) in [6.45, 7) is 5.19. The molecule has 1 aromatic rings. The van der Waals surface area contributed by atoms with Crippen LogP contribution in [0.4, 0.5) is 0 Å². The number of allylic oxidation sites excluding steroid dienone is 1. The number of nitrogens with two attached hydrogens (primary N) is 1. The molecule has 0 aliphatic heterocycles. The fourth-order valence-corrected chi connectivity index (χ4v) is 1.53. The summed E-state index contributed by atoms with van der Waals surface area (Å²) in [4.78, 5) is 10.9. The summed E-state index contributed by atoms with van der Waals surface area (Å²) < 4.78 is 0. The van der Waals surface area contributed by atoms with Crippen molar-refractivity contribution in [2.45, 2.75) is 25.3 Å². The van der Waals surface area contributed by atoms with E-state index in [4.69, 9.17) is 10.8 Å². The summed E-state index contributed by atoms with van der Waals surface area (Å²) in [5, 5.41) is 8.93. The first kappa shape index (κ1) is 12.5. The molecule has 0 saturated carbocycles. The van der Waals surface area contributed by atoms with Crippen molar-refractivity contribution in [2.75, 3.05) is 0 Å². The highest BCUT2D eigenvalue weighted by Gasteiger charge is 2.27. The standard InChI is InChI=1S/C13H17NO2/c1-3-5-10-6-4-7-11(8-10)9-13(2,14)12(15)16/h3-4,6-8H,1,5,9,14H2,2H3,(H,15,16). The van der Waals surface area contributed by atoms with E-state index in [0.717, 1.165) is 17.5 Å². The van der Waals surface area contributed by atoms with Gasteiger partial charge in [-0.05, 0) is 24.5 Å². The Morgan fingerprint density at radius 3 is 2.75 bits per heavy atom. The molecule has 0 spiro atoms. The van der Waals surface area contributed by atoms with E-state index in [1.165, 1.54) is 6.92 Å². The van der Waals surface area contributed by atoms with Gasteiger partial charge in [0.25, 0.3) is 0 Å². The first-order valence-electron chi connectivity index (χ1n) is 5.16. The molecule has 0 amide bonds. The van der Waals surface area contributed by atoms with Crippen LogP contribution in [0.25, 0.3) is 0 Å². The Hall–Kier alpha value is -1.61. The average molecular weight is 219 g/mol. The summed E-state index contributed by atoms with van der Waals surface area (Å²) >= 11 is 0. The van der Waals surface area contributed by atoms with Gasteiger partial charge in [0, 0.05) is 6.42 Å². The lowest BCUT2D eigenvalue weighted by atomic mass is 9.93. The number of hydrogen-bond acceptors (Lipinski definition) is 2. The molecule has 0 bridgehead atoms. The average Bonchev–Trinajstić information content (AvgIpc) is 2.17. The van der Waals surface area contributed by atoms with E-state index in [9.17, 15) is 4.79 Å². The molecule has 0 aromatic heterocycles. The van der Waals surface area contributed by atoms with Crippen LogP contribution < -0.4 is 5.73 Å². The minimum absolute atomic E-state index is 0.327. The van der Waals surface area contributed by atoms with E-state index < -0.39 is 11.5 Å². The van der Waals surface area contributed by atoms with Crippen molar-refractivity contribution in [1.29, 1.82) is 0 Å². The third-order valence-electron chi connectivity index (χ3n) is 2.43. The zero-order valence-corrected chi connectivity index (χ0v) is 9.44. The van der Waals surface area contributed by atoms with Gasteiger partial charge in [-0.25, -0.2) is 0 Å². The van der Waals surface area contributed by atoms with Crippen LogP contribution in [0.2, 0.25) is 0 Å². The largest absolute Gasteiger partial charge is 0.480 e. The summed E-state index contributed by atoms with van der Waals surface area (Å²) in [6.07, 6.45) is 2.92. The Labute approximate surface area is 95.6 Å². The van der Waals surface area contributed by atoms with Crippen molar-refractivity contribution in [3.05, 3.63) is 48.0 Å². The zero-order valence-electron chi connectivity index (χ0n) is 9.44. The molecule has 3 nitrogen and oxygen atoms in total. The van der Waals surface area contributed by atoms with Crippen molar-refractivity contribution in [3.8, 4) is 0 Å². The normalized spacial score (nSPS) is 14.1. The van der Waals surface area contributed by atoms with Crippen molar-refractivity contribution in [1.82, 2.24) is 0 Å². The van der Waals surface area contributed by atoms with E-state index in [1.54, 1.807) is 0 Å². The van der Waals surface area contributed by atoms with E-state index in [2.05, 4.69) is 6.58 Å². The van der Waals surface area contributed by atoms with E-state index in [-0.39, 0.29) is 0 Å². The van der Waals surface area contributed by atoms with Gasteiger partial charge in [0.1, 0.15) is 5.54 Å².